The van der Waals surface area contributed by atoms with Crippen LogP contribution in [0, 0.1) is 23.7 Å². The number of carbonyl (C=O) groups excluding carboxylic acids is 3. The lowest BCUT2D eigenvalue weighted by Crippen LogP contribution is -2.38. The van der Waals surface area contributed by atoms with E-state index in [4.69, 9.17) is 0 Å². The van der Waals surface area contributed by atoms with Crippen molar-refractivity contribution in [1.82, 2.24) is 4.90 Å². The van der Waals surface area contributed by atoms with Gasteiger partial charge in [-0.05, 0) is 49.8 Å². The zero-order valence-electron chi connectivity index (χ0n) is 15.3. The Morgan fingerprint density at radius 2 is 1.85 bits per heavy atom. The van der Waals surface area contributed by atoms with Crippen molar-refractivity contribution < 1.29 is 14.4 Å². The minimum absolute atomic E-state index is 0.0478. The first-order chi connectivity index (χ1) is 13.0. The molecule has 3 amide bonds. The minimum Gasteiger partial charge on any atom is -0.326 e. The third-order valence-corrected chi connectivity index (χ3v) is 6.88. The molecule has 27 heavy (non-hydrogen) atoms. The summed E-state index contributed by atoms with van der Waals surface area (Å²) in [5.74, 6) is -1.09. The average Bonchev–Trinajstić information content (AvgIpc) is 3.19. The summed E-state index contributed by atoms with van der Waals surface area (Å²) in [6.07, 6.45) is 7.05. The number of rotatable bonds is 4. The van der Waals surface area contributed by atoms with E-state index in [0.29, 0.717) is 31.0 Å². The molecule has 5 nitrogen and oxygen atoms in total. The summed E-state index contributed by atoms with van der Waals surface area (Å²) in [6.45, 7) is 0.546. The van der Waals surface area contributed by atoms with E-state index in [-0.39, 0.29) is 23.6 Å². The first-order valence-corrected chi connectivity index (χ1v) is 10.8. The van der Waals surface area contributed by atoms with Crippen molar-refractivity contribution in [3.8, 4) is 0 Å². The molecule has 3 fully saturated rings. The van der Waals surface area contributed by atoms with Gasteiger partial charge in [0, 0.05) is 16.7 Å². The first kappa shape index (κ1) is 18.7. The van der Waals surface area contributed by atoms with Gasteiger partial charge in [-0.15, -0.1) is 0 Å². The van der Waals surface area contributed by atoms with Crippen LogP contribution in [0.5, 0.6) is 0 Å². The number of carbonyl (C=O) groups is 3. The highest BCUT2D eigenvalue weighted by atomic mass is 79.9. The number of imide groups is 1. The van der Waals surface area contributed by atoms with E-state index in [0.717, 1.165) is 17.3 Å². The van der Waals surface area contributed by atoms with Crippen molar-refractivity contribution in [2.75, 3.05) is 11.9 Å². The van der Waals surface area contributed by atoms with Crippen LogP contribution in [0.3, 0.4) is 0 Å². The monoisotopic (exact) mass is 432 g/mol. The third kappa shape index (κ3) is 3.68. The van der Waals surface area contributed by atoms with Crippen molar-refractivity contribution in [2.24, 2.45) is 23.7 Å². The summed E-state index contributed by atoms with van der Waals surface area (Å²) < 4.78 is 0.885. The first-order valence-electron chi connectivity index (χ1n) is 9.96. The number of hydrogen-bond acceptors (Lipinski definition) is 3. The number of amides is 3. The number of anilines is 1. The van der Waals surface area contributed by atoms with E-state index >= 15 is 0 Å². The van der Waals surface area contributed by atoms with Gasteiger partial charge in [0.15, 0.2) is 0 Å². The molecule has 144 valence electrons. The molecular weight excluding hydrogens is 408 g/mol. The molecule has 4 rings (SSSR count). The second-order valence-electron chi connectivity index (χ2n) is 8.11. The van der Waals surface area contributed by atoms with Gasteiger partial charge in [0.05, 0.1) is 17.8 Å². The Morgan fingerprint density at radius 3 is 2.59 bits per heavy atom. The maximum atomic E-state index is 13.0. The molecule has 1 heterocycles. The Labute approximate surface area is 168 Å². The van der Waals surface area contributed by atoms with Crippen LogP contribution < -0.4 is 5.32 Å². The van der Waals surface area contributed by atoms with Gasteiger partial charge in [-0.25, -0.2) is 0 Å². The van der Waals surface area contributed by atoms with Gasteiger partial charge in [-0.2, -0.15) is 0 Å². The summed E-state index contributed by atoms with van der Waals surface area (Å²) in [6, 6.07) is 7.41. The van der Waals surface area contributed by atoms with Crippen molar-refractivity contribution in [1.29, 1.82) is 0 Å². The molecule has 1 aromatic rings. The second kappa shape index (κ2) is 7.74. The fourth-order valence-corrected chi connectivity index (χ4v) is 5.41. The largest absolute Gasteiger partial charge is 0.326 e. The summed E-state index contributed by atoms with van der Waals surface area (Å²) in [5, 5.41) is 2.92. The normalized spacial score (nSPS) is 28.5. The second-order valence-corrected chi connectivity index (χ2v) is 9.02. The van der Waals surface area contributed by atoms with Crippen molar-refractivity contribution in [3.63, 3.8) is 0 Å². The number of benzene rings is 1. The van der Waals surface area contributed by atoms with Gasteiger partial charge in [-0.3, -0.25) is 19.3 Å². The molecule has 3 aliphatic rings. The van der Waals surface area contributed by atoms with Gasteiger partial charge in [0.25, 0.3) is 0 Å². The maximum Gasteiger partial charge on any atom is 0.233 e. The van der Waals surface area contributed by atoms with E-state index in [1.165, 1.54) is 24.2 Å². The highest BCUT2D eigenvalue weighted by Crippen LogP contribution is 2.45. The number of nitrogens with one attached hydrogen (secondary N) is 1. The minimum atomic E-state index is -0.478. The van der Waals surface area contributed by atoms with E-state index in [9.17, 15) is 14.4 Å². The summed E-state index contributed by atoms with van der Waals surface area (Å²) in [4.78, 5) is 40.1. The van der Waals surface area contributed by atoms with E-state index in [1.54, 1.807) is 0 Å². The topological polar surface area (TPSA) is 66.5 Å². The molecule has 0 bridgehead atoms. The molecule has 0 spiro atoms. The third-order valence-electron chi connectivity index (χ3n) is 6.38. The van der Waals surface area contributed by atoms with Gasteiger partial charge in [0.2, 0.25) is 17.7 Å². The average molecular weight is 433 g/mol. The molecule has 6 heteroatoms. The number of halogens is 1. The van der Waals surface area contributed by atoms with Gasteiger partial charge in [0.1, 0.15) is 0 Å². The van der Waals surface area contributed by atoms with Crippen LogP contribution in [0.2, 0.25) is 0 Å². The molecule has 1 N–H and O–H groups in total. The predicted molar refractivity (Wildman–Crippen MR) is 106 cm³/mol. The molecule has 0 radical (unpaired) electrons. The van der Waals surface area contributed by atoms with Crippen LogP contribution in [0.1, 0.15) is 44.9 Å². The molecule has 3 atom stereocenters. The smallest absolute Gasteiger partial charge is 0.233 e. The van der Waals surface area contributed by atoms with Gasteiger partial charge in [-0.1, -0.05) is 41.3 Å². The standard InChI is InChI=1S/C21H25BrN2O3/c22-14-7-4-8-15(11-14)23-19(25)16-9-10-17-18(16)21(27)24(20(17)26)12-13-5-2-1-3-6-13/h4,7-8,11,13,16-18H,1-3,5-6,9-10,12H2,(H,23,25)/t16-,17+,18-/m0/s1. The Hall–Kier alpha value is -1.69. The lowest BCUT2D eigenvalue weighted by Gasteiger charge is -2.26. The number of likely N-dealkylation sites (tertiary alicyclic amines) is 1. The van der Waals surface area contributed by atoms with Crippen molar-refractivity contribution in [2.45, 2.75) is 44.9 Å². The summed E-state index contributed by atoms with van der Waals surface area (Å²) in [5.41, 5.74) is 0.702. The Bertz CT molecular complexity index is 760. The molecule has 0 unspecified atom stereocenters. The number of nitrogens with zero attached hydrogens (tertiary/aromatic N) is 1. The van der Waals surface area contributed by atoms with Crippen LogP contribution in [0.4, 0.5) is 5.69 Å². The molecule has 1 saturated heterocycles. The van der Waals surface area contributed by atoms with E-state index < -0.39 is 11.8 Å². The fourth-order valence-electron chi connectivity index (χ4n) is 5.01. The summed E-state index contributed by atoms with van der Waals surface area (Å²) in [7, 11) is 0. The zero-order valence-corrected chi connectivity index (χ0v) is 16.9. The van der Waals surface area contributed by atoms with Gasteiger partial charge < -0.3 is 5.32 Å². The van der Waals surface area contributed by atoms with E-state index in [1.807, 2.05) is 24.3 Å². The van der Waals surface area contributed by atoms with Crippen molar-refractivity contribution in [3.05, 3.63) is 28.7 Å². The van der Waals surface area contributed by atoms with Crippen LogP contribution in [0.15, 0.2) is 28.7 Å². The maximum absolute atomic E-state index is 13.0. The van der Waals surface area contributed by atoms with Crippen LogP contribution in [-0.2, 0) is 14.4 Å². The summed E-state index contributed by atoms with van der Waals surface area (Å²) >= 11 is 3.40. The lowest BCUT2D eigenvalue weighted by molar-refractivity contribution is -0.142. The molecule has 0 aromatic heterocycles. The van der Waals surface area contributed by atoms with E-state index in [2.05, 4.69) is 21.2 Å². The molecule has 1 aromatic carbocycles. The number of fused-ring (bicyclic) bond motifs is 1. The predicted octanol–water partition coefficient (Wildman–Crippen LogP) is 3.98. The lowest BCUT2D eigenvalue weighted by atomic mass is 9.88. The SMILES string of the molecule is O=C(Nc1cccc(Br)c1)[C@H]1CC[C@H]2C(=O)N(CC3CCCCC3)C(=O)[C@@H]12. The molecule has 1 aliphatic heterocycles. The van der Waals surface area contributed by atoms with Crippen LogP contribution in [-0.4, -0.2) is 29.2 Å². The Balaban J connectivity index is 1.45. The molecular formula is C21H25BrN2O3. The zero-order chi connectivity index (χ0) is 19.0. The van der Waals surface area contributed by atoms with Gasteiger partial charge >= 0.3 is 0 Å². The molecule has 2 saturated carbocycles. The van der Waals surface area contributed by atoms with Crippen LogP contribution >= 0.6 is 15.9 Å². The molecule has 2 aliphatic carbocycles. The van der Waals surface area contributed by atoms with Crippen LogP contribution in [0.25, 0.3) is 0 Å². The van der Waals surface area contributed by atoms with Crippen molar-refractivity contribution >= 4 is 39.3 Å². The Kier molecular flexibility index (Phi) is 5.35. The quantitative estimate of drug-likeness (QED) is 0.731. The highest BCUT2D eigenvalue weighted by Gasteiger charge is 2.56. The fraction of sp³-hybridized carbons (Fsp3) is 0.571. The highest BCUT2D eigenvalue weighted by molar-refractivity contribution is 9.10. The number of hydrogen-bond donors (Lipinski definition) is 1. The Morgan fingerprint density at radius 1 is 1.07 bits per heavy atom.